The van der Waals surface area contributed by atoms with Crippen molar-refractivity contribution in [3.8, 4) is 0 Å². The fraction of sp³-hybridized carbons (Fsp3) is 0.846. The molecule has 0 aromatic heterocycles. The number of unbranched alkanes of at least 4 members (excludes halogenated alkanes) is 2. The van der Waals surface area contributed by atoms with Crippen LogP contribution in [0, 0.1) is 0 Å². The standard InChI is InChI=1S/C13H24N2O4/c16-10-11-6-3-5-9-15(11)13(19)14-8-4-1-2-7-12(17)18/h11,16H,1-10H2,(H,14,19)(H,17,18). The number of carbonyl (C=O) groups excluding carboxylic acids is 1. The summed E-state index contributed by atoms with van der Waals surface area (Å²) in [5.74, 6) is -0.775. The summed E-state index contributed by atoms with van der Waals surface area (Å²) in [6, 6.07) is -0.169. The van der Waals surface area contributed by atoms with Crippen LogP contribution < -0.4 is 5.32 Å². The number of likely N-dealkylation sites (tertiary alicyclic amines) is 1. The Balaban J connectivity index is 2.14. The van der Waals surface area contributed by atoms with Crippen molar-refractivity contribution in [3.63, 3.8) is 0 Å². The van der Waals surface area contributed by atoms with Crippen LogP contribution in [0.15, 0.2) is 0 Å². The summed E-state index contributed by atoms with van der Waals surface area (Å²) in [6.45, 7) is 1.29. The van der Waals surface area contributed by atoms with Gasteiger partial charge in [-0.3, -0.25) is 4.79 Å². The molecule has 0 aliphatic carbocycles. The molecule has 1 heterocycles. The third-order valence-electron chi connectivity index (χ3n) is 3.44. The number of aliphatic hydroxyl groups excluding tert-OH is 1. The van der Waals surface area contributed by atoms with E-state index in [4.69, 9.17) is 5.11 Å². The summed E-state index contributed by atoms with van der Waals surface area (Å²) in [5.41, 5.74) is 0. The number of aliphatic hydroxyl groups is 1. The Kier molecular flexibility index (Phi) is 7.25. The van der Waals surface area contributed by atoms with Gasteiger partial charge in [-0.2, -0.15) is 0 Å². The number of carboxylic acids is 1. The molecule has 110 valence electrons. The molecule has 0 radical (unpaired) electrons. The van der Waals surface area contributed by atoms with Crippen molar-refractivity contribution in [1.82, 2.24) is 10.2 Å². The minimum Gasteiger partial charge on any atom is -0.481 e. The van der Waals surface area contributed by atoms with E-state index in [0.717, 1.165) is 32.1 Å². The fourth-order valence-corrected chi connectivity index (χ4v) is 2.33. The lowest BCUT2D eigenvalue weighted by molar-refractivity contribution is -0.137. The second-order valence-electron chi connectivity index (χ2n) is 4.96. The largest absolute Gasteiger partial charge is 0.481 e. The number of hydrogen-bond acceptors (Lipinski definition) is 3. The van der Waals surface area contributed by atoms with Gasteiger partial charge in [-0.1, -0.05) is 6.42 Å². The third kappa shape index (κ3) is 5.92. The Morgan fingerprint density at radius 1 is 1.21 bits per heavy atom. The van der Waals surface area contributed by atoms with Crippen molar-refractivity contribution >= 4 is 12.0 Å². The number of aliphatic carboxylic acids is 1. The Morgan fingerprint density at radius 3 is 2.68 bits per heavy atom. The van der Waals surface area contributed by atoms with Crippen LogP contribution in [0.5, 0.6) is 0 Å². The maximum Gasteiger partial charge on any atom is 0.317 e. The van der Waals surface area contributed by atoms with Gasteiger partial charge >= 0.3 is 12.0 Å². The first kappa shape index (κ1) is 15.8. The van der Waals surface area contributed by atoms with Gasteiger partial charge in [-0.15, -0.1) is 0 Å². The molecule has 6 nitrogen and oxygen atoms in total. The normalized spacial score (nSPS) is 19.2. The fourth-order valence-electron chi connectivity index (χ4n) is 2.33. The van der Waals surface area contributed by atoms with Crippen molar-refractivity contribution in [2.24, 2.45) is 0 Å². The van der Waals surface area contributed by atoms with E-state index in [9.17, 15) is 14.7 Å². The Morgan fingerprint density at radius 2 is 2.00 bits per heavy atom. The second kappa shape index (κ2) is 8.74. The lowest BCUT2D eigenvalue weighted by Gasteiger charge is -2.34. The zero-order chi connectivity index (χ0) is 14.1. The van der Waals surface area contributed by atoms with Crippen LogP contribution in [0.1, 0.15) is 44.9 Å². The molecule has 0 saturated carbocycles. The summed E-state index contributed by atoms with van der Waals surface area (Å²) >= 11 is 0. The number of urea groups is 1. The number of amides is 2. The van der Waals surface area contributed by atoms with Crippen molar-refractivity contribution in [2.75, 3.05) is 19.7 Å². The number of carbonyl (C=O) groups is 2. The molecule has 1 saturated heterocycles. The summed E-state index contributed by atoms with van der Waals surface area (Å²) in [5, 5.41) is 20.5. The zero-order valence-electron chi connectivity index (χ0n) is 11.3. The van der Waals surface area contributed by atoms with Gasteiger partial charge in [0, 0.05) is 19.5 Å². The van der Waals surface area contributed by atoms with Gasteiger partial charge < -0.3 is 20.4 Å². The zero-order valence-corrected chi connectivity index (χ0v) is 11.3. The summed E-state index contributed by atoms with van der Waals surface area (Å²) < 4.78 is 0. The van der Waals surface area contributed by atoms with Crippen molar-refractivity contribution in [1.29, 1.82) is 0 Å². The van der Waals surface area contributed by atoms with Crippen LogP contribution in [-0.2, 0) is 4.79 Å². The highest BCUT2D eigenvalue weighted by Gasteiger charge is 2.25. The molecule has 1 aliphatic heterocycles. The van der Waals surface area contributed by atoms with Crippen LogP contribution >= 0.6 is 0 Å². The highest BCUT2D eigenvalue weighted by Crippen LogP contribution is 2.16. The van der Waals surface area contributed by atoms with E-state index in [1.54, 1.807) is 4.90 Å². The second-order valence-corrected chi connectivity index (χ2v) is 4.96. The first-order valence-electron chi connectivity index (χ1n) is 7.02. The highest BCUT2D eigenvalue weighted by molar-refractivity contribution is 5.74. The number of piperidine rings is 1. The Labute approximate surface area is 113 Å². The summed E-state index contributed by atoms with van der Waals surface area (Å²) in [6.07, 6.45) is 5.34. The molecule has 0 bridgehead atoms. The molecular formula is C13H24N2O4. The van der Waals surface area contributed by atoms with Gasteiger partial charge in [0.25, 0.3) is 0 Å². The van der Waals surface area contributed by atoms with Crippen molar-refractivity contribution < 1.29 is 19.8 Å². The van der Waals surface area contributed by atoms with Crippen LogP contribution in [0.2, 0.25) is 0 Å². The highest BCUT2D eigenvalue weighted by atomic mass is 16.4. The topological polar surface area (TPSA) is 89.9 Å². The molecule has 19 heavy (non-hydrogen) atoms. The Hall–Kier alpha value is -1.30. The lowest BCUT2D eigenvalue weighted by Crippen LogP contribution is -2.50. The quantitative estimate of drug-likeness (QED) is 0.607. The SMILES string of the molecule is O=C(O)CCCCCNC(=O)N1CCCCC1CO. The minimum atomic E-state index is -0.775. The molecular weight excluding hydrogens is 248 g/mol. The lowest BCUT2D eigenvalue weighted by atomic mass is 10.0. The van der Waals surface area contributed by atoms with Gasteiger partial charge in [-0.25, -0.2) is 4.79 Å². The first-order valence-corrected chi connectivity index (χ1v) is 7.02. The molecule has 0 spiro atoms. The van der Waals surface area contributed by atoms with Crippen LogP contribution in [0.4, 0.5) is 4.79 Å². The number of carboxylic acid groups (broad SMARTS) is 1. The molecule has 1 fully saturated rings. The molecule has 1 unspecified atom stereocenters. The number of nitrogens with one attached hydrogen (secondary N) is 1. The van der Waals surface area contributed by atoms with Crippen LogP contribution in [-0.4, -0.2) is 52.9 Å². The first-order chi connectivity index (χ1) is 9.15. The maximum absolute atomic E-state index is 11.9. The molecule has 6 heteroatoms. The predicted molar refractivity (Wildman–Crippen MR) is 70.9 cm³/mol. The van der Waals surface area contributed by atoms with Crippen molar-refractivity contribution in [3.05, 3.63) is 0 Å². The molecule has 0 aromatic rings. The van der Waals surface area contributed by atoms with Gasteiger partial charge in [-0.05, 0) is 32.1 Å². The van der Waals surface area contributed by atoms with E-state index in [1.165, 1.54) is 0 Å². The van der Waals surface area contributed by atoms with E-state index in [0.29, 0.717) is 19.5 Å². The molecule has 1 atom stereocenters. The van der Waals surface area contributed by atoms with E-state index >= 15 is 0 Å². The van der Waals surface area contributed by atoms with E-state index in [-0.39, 0.29) is 25.1 Å². The summed E-state index contributed by atoms with van der Waals surface area (Å²) in [7, 11) is 0. The third-order valence-corrected chi connectivity index (χ3v) is 3.44. The number of nitrogens with zero attached hydrogens (tertiary/aromatic N) is 1. The van der Waals surface area contributed by atoms with Crippen LogP contribution in [0.3, 0.4) is 0 Å². The minimum absolute atomic E-state index is 0.0199. The summed E-state index contributed by atoms with van der Waals surface area (Å²) in [4.78, 5) is 23.9. The average Bonchev–Trinajstić information content (AvgIpc) is 2.42. The molecule has 0 aromatic carbocycles. The Bertz CT molecular complexity index is 296. The average molecular weight is 272 g/mol. The predicted octanol–water partition coefficient (Wildman–Crippen LogP) is 1.19. The smallest absolute Gasteiger partial charge is 0.317 e. The van der Waals surface area contributed by atoms with E-state index in [2.05, 4.69) is 5.32 Å². The monoisotopic (exact) mass is 272 g/mol. The molecule has 2 amide bonds. The van der Waals surface area contributed by atoms with E-state index in [1.807, 2.05) is 0 Å². The molecule has 3 N–H and O–H groups in total. The van der Waals surface area contributed by atoms with Crippen molar-refractivity contribution in [2.45, 2.75) is 51.0 Å². The van der Waals surface area contributed by atoms with Gasteiger partial charge in [0.05, 0.1) is 12.6 Å². The van der Waals surface area contributed by atoms with Gasteiger partial charge in [0.15, 0.2) is 0 Å². The maximum atomic E-state index is 11.9. The number of hydrogen-bond donors (Lipinski definition) is 3. The number of rotatable bonds is 7. The molecule has 1 rings (SSSR count). The van der Waals surface area contributed by atoms with Gasteiger partial charge in [0.2, 0.25) is 0 Å². The molecule has 1 aliphatic rings. The van der Waals surface area contributed by atoms with E-state index < -0.39 is 5.97 Å². The van der Waals surface area contributed by atoms with Gasteiger partial charge in [0.1, 0.15) is 0 Å². The van der Waals surface area contributed by atoms with Crippen LogP contribution in [0.25, 0.3) is 0 Å².